The van der Waals surface area contributed by atoms with E-state index in [1.807, 2.05) is 0 Å². The number of carbonyl (C=O) groups is 3. The molecule has 1 heterocycles. The number of nitrogens with two attached hydrogens (primary N) is 1. The number of hydrogen-bond donors (Lipinski definition) is 2. The van der Waals surface area contributed by atoms with Crippen molar-refractivity contribution in [3.8, 4) is 0 Å². The minimum Gasteiger partial charge on any atom is -0.436 e. The number of halogens is 1. The number of aryl methyl sites for hydroxylation is 2. The highest BCUT2D eigenvalue weighted by Crippen LogP contribution is 2.15. The summed E-state index contributed by atoms with van der Waals surface area (Å²) in [4.78, 5) is 40.5. The van der Waals surface area contributed by atoms with Crippen molar-refractivity contribution in [3.63, 3.8) is 0 Å². The average Bonchev–Trinajstić information content (AvgIpc) is 3.03. The van der Waals surface area contributed by atoms with Crippen LogP contribution in [0.1, 0.15) is 53.9 Å². The van der Waals surface area contributed by atoms with Crippen LogP contribution < -0.4 is 11.1 Å². The van der Waals surface area contributed by atoms with E-state index in [9.17, 15) is 18.8 Å². The highest BCUT2D eigenvalue weighted by molar-refractivity contribution is 6.38. The number of rotatable bonds is 10. The summed E-state index contributed by atoms with van der Waals surface area (Å²) in [6.07, 6.45) is 3.42. The lowest BCUT2D eigenvalue weighted by Crippen LogP contribution is -2.47. The fourth-order valence-corrected chi connectivity index (χ4v) is 2.82. The molecule has 0 unspecified atom stereocenters. The van der Waals surface area contributed by atoms with Crippen molar-refractivity contribution >= 4 is 17.6 Å². The largest absolute Gasteiger partial charge is 0.436 e. The molecule has 0 aliphatic carbocycles. The van der Waals surface area contributed by atoms with Gasteiger partial charge in [0, 0.05) is 13.3 Å². The summed E-state index contributed by atoms with van der Waals surface area (Å²) in [5.41, 5.74) is 6.19. The Morgan fingerprint density at radius 3 is 2.50 bits per heavy atom. The van der Waals surface area contributed by atoms with Gasteiger partial charge in [-0.05, 0) is 30.5 Å². The fraction of sp³-hybridized carbons (Fsp3) is 0.400. The Kier molecular flexibility index (Phi) is 7.43. The molecule has 7 nitrogen and oxygen atoms in total. The molecule has 28 heavy (non-hydrogen) atoms. The van der Waals surface area contributed by atoms with Crippen LogP contribution in [0.2, 0.25) is 0 Å². The minimum absolute atomic E-state index is 0.00786. The average molecular weight is 389 g/mol. The second kappa shape index (κ2) is 9.77. The number of ketones is 1. The summed E-state index contributed by atoms with van der Waals surface area (Å²) in [5.74, 6) is -2.82. The molecule has 2 aromatic rings. The summed E-state index contributed by atoms with van der Waals surface area (Å²) in [7, 11) is 0. The Hall–Kier alpha value is -3.03. The zero-order valence-electron chi connectivity index (χ0n) is 16.0. The Bertz CT molecular complexity index is 846. The lowest BCUT2D eigenvalue weighted by molar-refractivity contribution is -0.137. The van der Waals surface area contributed by atoms with Crippen LogP contribution in [0.15, 0.2) is 28.7 Å². The number of benzene rings is 1. The van der Waals surface area contributed by atoms with Gasteiger partial charge in [0.2, 0.25) is 11.5 Å². The molecule has 1 atom stereocenters. The number of aromatic nitrogens is 1. The van der Waals surface area contributed by atoms with Gasteiger partial charge in [-0.15, -0.1) is 0 Å². The van der Waals surface area contributed by atoms with Gasteiger partial charge >= 0.3 is 0 Å². The SMILES string of the molecule is CCCCCc1nc(C)oc1C(=O)N[C@@H](Cc1ccc(F)cc1)C(=O)C(N)=O. The third kappa shape index (κ3) is 5.73. The van der Waals surface area contributed by atoms with Crippen molar-refractivity contribution in [3.05, 3.63) is 53.0 Å². The molecule has 0 spiro atoms. The molecule has 0 radical (unpaired) electrons. The predicted octanol–water partition coefficient (Wildman–Crippen LogP) is 2.25. The van der Waals surface area contributed by atoms with E-state index in [2.05, 4.69) is 17.2 Å². The number of unbranched alkanes of at least 4 members (excludes halogenated alkanes) is 2. The number of hydrogen-bond acceptors (Lipinski definition) is 5. The van der Waals surface area contributed by atoms with Crippen LogP contribution in [0.4, 0.5) is 4.39 Å². The van der Waals surface area contributed by atoms with Gasteiger partial charge in [-0.2, -0.15) is 0 Å². The van der Waals surface area contributed by atoms with E-state index < -0.39 is 29.5 Å². The van der Waals surface area contributed by atoms with E-state index in [1.54, 1.807) is 6.92 Å². The molecule has 0 saturated carbocycles. The highest BCUT2D eigenvalue weighted by atomic mass is 19.1. The number of primary amides is 1. The molecule has 8 heteroatoms. The maximum Gasteiger partial charge on any atom is 0.289 e. The maximum atomic E-state index is 13.1. The predicted molar refractivity (Wildman–Crippen MR) is 100 cm³/mol. The third-order valence-electron chi connectivity index (χ3n) is 4.25. The lowest BCUT2D eigenvalue weighted by atomic mass is 10.0. The molecule has 3 N–H and O–H groups in total. The van der Waals surface area contributed by atoms with Crippen LogP contribution in [0, 0.1) is 12.7 Å². The van der Waals surface area contributed by atoms with Crippen molar-refractivity contribution in [2.75, 3.05) is 0 Å². The zero-order chi connectivity index (χ0) is 20.7. The van der Waals surface area contributed by atoms with Crippen LogP contribution in [-0.4, -0.2) is 28.6 Å². The smallest absolute Gasteiger partial charge is 0.289 e. The molecular weight excluding hydrogens is 365 g/mol. The zero-order valence-corrected chi connectivity index (χ0v) is 16.0. The van der Waals surface area contributed by atoms with Crippen LogP contribution in [0.3, 0.4) is 0 Å². The van der Waals surface area contributed by atoms with E-state index in [0.29, 0.717) is 23.6 Å². The Morgan fingerprint density at radius 2 is 1.89 bits per heavy atom. The molecule has 2 amide bonds. The van der Waals surface area contributed by atoms with Crippen LogP contribution >= 0.6 is 0 Å². The standard InChI is InChI=1S/C20H24FN3O4/c1-3-4-5-6-15-18(28-12(2)23-15)20(27)24-16(17(25)19(22)26)11-13-7-9-14(21)10-8-13/h7-10,16H,3-6,11H2,1-2H3,(H2,22,26)(H,24,27)/t16-/m0/s1. The fourth-order valence-electron chi connectivity index (χ4n) is 2.82. The molecular formula is C20H24FN3O4. The summed E-state index contributed by atoms with van der Waals surface area (Å²) in [5, 5.41) is 2.50. The van der Waals surface area contributed by atoms with Gasteiger partial charge in [0.05, 0.1) is 5.69 Å². The van der Waals surface area contributed by atoms with E-state index in [4.69, 9.17) is 10.2 Å². The first kappa shape index (κ1) is 21.3. The number of Topliss-reactive ketones (excluding diaryl/α,β-unsaturated/α-hetero) is 1. The maximum absolute atomic E-state index is 13.1. The van der Waals surface area contributed by atoms with Crippen LogP contribution in [-0.2, 0) is 22.4 Å². The van der Waals surface area contributed by atoms with E-state index >= 15 is 0 Å². The van der Waals surface area contributed by atoms with Crippen molar-refractivity contribution in [1.29, 1.82) is 0 Å². The molecule has 0 aliphatic heterocycles. The Labute approximate surface area is 162 Å². The number of nitrogens with one attached hydrogen (secondary N) is 1. The quantitative estimate of drug-likeness (QED) is 0.478. The molecule has 1 aromatic carbocycles. The third-order valence-corrected chi connectivity index (χ3v) is 4.25. The molecule has 0 aliphatic rings. The van der Waals surface area contributed by atoms with Crippen molar-refractivity contribution < 1.29 is 23.2 Å². The number of oxazole rings is 1. The second-order valence-corrected chi connectivity index (χ2v) is 6.55. The van der Waals surface area contributed by atoms with Gasteiger partial charge in [0.1, 0.15) is 11.9 Å². The van der Waals surface area contributed by atoms with Gasteiger partial charge in [-0.3, -0.25) is 14.4 Å². The van der Waals surface area contributed by atoms with Crippen molar-refractivity contribution in [2.45, 2.75) is 52.0 Å². The van der Waals surface area contributed by atoms with Gasteiger partial charge in [0.25, 0.3) is 11.8 Å². The highest BCUT2D eigenvalue weighted by Gasteiger charge is 2.28. The van der Waals surface area contributed by atoms with Crippen LogP contribution in [0.5, 0.6) is 0 Å². The monoisotopic (exact) mass is 389 g/mol. The van der Waals surface area contributed by atoms with E-state index in [1.165, 1.54) is 24.3 Å². The summed E-state index contributed by atoms with van der Waals surface area (Å²) in [6.45, 7) is 3.70. The van der Waals surface area contributed by atoms with Crippen molar-refractivity contribution in [2.24, 2.45) is 5.73 Å². The molecule has 0 fully saturated rings. The number of carbonyl (C=O) groups excluding carboxylic acids is 3. The lowest BCUT2D eigenvalue weighted by Gasteiger charge is -2.16. The van der Waals surface area contributed by atoms with Gasteiger partial charge in [-0.1, -0.05) is 31.9 Å². The summed E-state index contributed by atoms with van der Waals surface area (Å²) < 4.78 is 18.5. The minimum atomic E-state index is -1.19. The Morgan fingerprint density at radius 1 is 1.21 bits per heavy atom. The van der Waals surface area contributed by atoms with Crippen molar-refractivity contribution in [1.82, 2.24) is 10.3 Å². The van der Waals surface area contributed by atoms with Crippen LogP contribution in [0.25, 0.3) is 0 Å². The molecule has 0 bridgehead atoms. The molecule has 1 aromatic heterocycles. The molecule has 0 saturated heterocycles. The first-order valence-electron chi connectivity index (χ1n) is 9.17. The van der Waals surface area contributed by atoms with Gasteiger partial charge in [0.15, 0.2) is 5.89 Å². The molecule has 2 rings (SSSR count). The number of nitrogens with zero attached hydrogens (tertiary/aromatic N) is 1. The van der Waals surface area contributed by atoms with E-state index in [-0.39, 0.29) is 12.2 Å². The first-order valence-corrected chi connectivity index (χ1v) is 9.17. The topological polar surface area (TPSA) is 115 Å². The molecule has 150 valence electrons. The number of amides is 2. The van der Waals surface area contributed by atoms with E-state index in [0.717, 1.165) is 19.3 Å². The van der Waals surface area contributed by atoms with Gasteiger partial charge in [-0.25, -0.2) is 9.37 Å². The Balaban J connectivity index is 2.19. The normalized spacial score (nSPS) is 11.8. The summed E-state index contributed by atoms with van der Waals surface area (Å²) >= 11 is 0. The van der Waals surface area contributed by atoms with Gasteiger partial charge < -0.3 is 15.5 Å². The first-order chi connectivity index (χ1) is 13.3. The summed E-state index contributed by atoms with van der Waals surface area (Å²) in [6, 6.07) is 4.21. The second-order valence-electron chi connectivity index (χ2n) is 6.55.